The Balaban J connectivity index is 2.20. The number of esters is 1. The van der Waals surface area contributed by atoms with Gasteiger partial charge in [0.1, 0.15) is 10.7 Å². The number of carbonyl (C=O) groups is 1. The lowest BCUT2D eigenvalue weighted by Crippen LogP contribution is -2.18. The summed E-state index contributed by atoms with van der Waals surface area (Å²) in [5.74, 6) is -1.87. The van der Waals surface area contributed by atoms with Crippen molar-refractivity contribution in [2.45, 2.75) is 11.3 Å². The molecular formula is C12H13ClFNO5S. The Hall–Kier alpha value is -1.22. The van der Waals surface area contributed by atoms with Crippen LogP contribution in [0.1, 0.15) is 16.8 Å². The van der Waals surface area contributed by atoms with Crippen molar-refractivity contribution < 1.29 is 27.1 Å². The summed E-state index contributed by atoms with van der Waals surface area (Å²) in [6.07, 6.45) is 0.771. The molecule has 1 saturated heterocycles. The van der Waals surface area contributed by atoms with Crippen LogP contribution in [0, 0.1) is 11.7 Å². The number of rotatable bonds is 4. The Bertz CT molecular complexity index is 658. The maximum absolute atomic E-state index is 13.5. The van der Waals surface area contributed by atoms with Crippen molar-refractivity contribution in [1.82, 2.24) is 0 Å². The van der Waals surface area contributed by atoms with Crippen molar-refractivity contribution in [2.75, 3.05) is 19.8 Å². The predicted octanol–water partition coefficient (Wildman–Crippen LogP) is 1.32. The second kappa shape index (κ2) is 6.27. The fourth-order valence-corrected chi connectivity index (χ4v) is 2.73. The first-order chi connectivity index (χ1) is 9.79. The molecule has 0 spiro atoms. The van der Waals surface area contributed by atoms with Gasteiger partial charge in [0.15, 0.2) is 0 Å². The second-order valence-electron chi connectivity index (χ2n) is 4.64. The molecule has 0 aromatic heterocycles. The van der Waals surface area contributed by atoms with Crippen molar-refractivity contribution in [1.29, 1.82) is 0 Å². The molecule has 21 heavy (non-hydrogen) atoms. The summed E-state index contributed by atoms with van der Waals surface area (Å²) in [4.78, 5) is 11.1. The number of ether oxygens (including phenoxy) is 2. The zero-order valence-corrected chi connectivity index (χ0v) is 12.4. The molecular weight excluding hydrogens is 325 g/mol. The summed E-state index contributed by atoms with van der Waals surface area (Å²) in [5, 5.41) is 4.63. The minimum absolute atomic E-state index is 0.0888. The maximum Gasteiger partial charge on any atom is 0.339 e. The highest BCUT2D eigenvalue weighted by molar-refractivity contribution is 7.89. The summed E-state index contributed by atoms with van der Waals surface area (Å²) in [7, 11) is -4.30. The quantitative estimate of drug-likeness (QED) is 0.836. The van der Waals surface area contributed by atoms with E-state index in [9.17, 15) is 17.6 Å². The highest BCUT2D eigenvalue weighted by Crippen LogP contribution is 2.24. The molecule has 9 heteroatoms. The van der Waals surface area contributed by atoms with Crippen molar-refractivity contribution in [3.05, 3.63) is 28.5 Å². The summed E-state index contributed by atoms with van der Waals surface area (Å²) in [6, 6.07) is 1.50. The molecule has 0 amide bonds. The minimum atomic E-state index is -4.30. The summed E-state index contributed by atoms with van der Waals surface area (Å²) < 4.78 is 46.1. The van der Waals surface area contributed by atoms with Gasteiger partial charge in [0.25, 0.3) is 0 Å². The van der Waals surface area contributed by atoms with Gasteiger partial charge in [0.05, 0.1) is 23.8 Å². The molecule has 116 valence electrons. The Morgan fingerprint density at radius 1 is 1.52 bits per heavy atom. The van der Waals surface area contributed by atoms with Crippen LogP contribution in [-0.4, -0.2) is 34.2 Å². The Morgan fingerprint density at radius 2 is 2.24 bits per heavy atom. The van der Waals surface area contributed by atoms with Gasteiger partial charge in [0, 0.05) is 12.5 Å². The number of carbonyl (C=O) groups excluding carboxylic acids is 1. The minimum Gasteiger partial charge on any atom is -0.462 e. The van der Waals surface area contributed by atoms with Crippen LogP contribution < -0.4 is 5.14 Å². The molecule has 2 rings (SSSR count). The van der Waals surface area contributed by atoms with Crippen LogP contribution in [0.4, 0.5) is 4.39 Å². The summed E-state index contributed by atoms with van der Waals surface area (Å²) >= 11 is 5.74. The maximum atomic E-state index is 13.5. The van der Waals surface area contributed by atoms with Crippen LogP contribution in [0.15, 0.2) is 17.0 Å². The van der Waals surface area contributed by atoms with Crippen LogP contribution in [0.3, 0.4) is 0 Å². The van der Waals surface area contributed by atoms with E-state index in [0.29, 0.717) is 13.2 Å². The van der Waals surface area contributed by atoms with Crippen LogP contribution in [0.25, 0.3) is 0 Å². The van der Waals surface area contributed by atoms with E-state index in [1.165, 1.54) is 0 Å². The lowest BCUT2D eigenvalue weighted by Gasteiger charge is -2.11. The molecule has 1 atom stereocenters. The van der Waals surface area contributed by atoms with Gasteiger partial charge in [-0.1, -0.05) is 11.6 Å². The van der Waals surface area contributed by atoms with Crippen molar-refractivity contribution in [2.24, 2.45) is 11.1 Å². The number of benzene rings is 1. The first-order valence-electron chi connectivity index (χ1n) is 6.05. The molecule has 0 radical (unpaired) electrons. The van der Waals surface area contributed by atoms with Gasteiger partial charge >= 0.3 is 5.97 Å². The van der Waals surface area contributed by atoms with Gasteiger partial charge in [-0.2, -0.15) is 0 Å². The van der Waals surface area contributed by atoms with Gasteiger partial charge in [-0.15, -0.1) is 0 Å². The molecule has 1 aromatic carbocycles. The molecule has 0 aliphatic carbocycles. The van der Waals surface area contributed by atoms with Gasteiger partial charge < -0.3 is 9.47 Å². The molecule has 1 aliphatic rings. The zero-order chi connectivity index (χ0) is 15.6. The number of halogens is 2. The van der Waals surface area contributed by atoms with E-state index >= 15 is 0 Å². The molecule has 2 N–H and O–H groups in total. The Kier molecular flexibility index (Phi) is 4.82. The third kappa shape index (κ3) is 3.91. The van der Waals surface area contributed by atoms with Gasteiger partial charge in [-0.05, 0) is 18.6 Å². The first kappa shape index (κ1) is 16.2. The Labute approximate surface area is 126 Å². The monoisotopic (exact) mass is 337 g/mol. The third-order valence-corrected chi connectivity index (χ3v) is 4.26. The van der Waals surface area contributed by atoms with Crippen LogP contribution in [-0.2, 0) is 19.5 Å². The van der Waals surface area contributed by atoms with Crippen LogP contribution in [0.5, 0.6) is 0 Å². The summed E-state index contributed by atoms with van der Waals surface area (Å²) in [6.45, 7) is 1.22. The first-order valence-corrected chi connectivity index (χ1v) is 7.98. The van der Waals surface area contributed by atoms with E-state index in [0.717, 1.165) is 18.6 Å². The molecule has 0 bridgehead atoms. The smallest absolute Gasteiger partial charge is 0.339 e. The Morgan fingerprint density at radius 3 is 2.81 bits per heavy atom. The van der Waals surface area contributed by atoms with Crippen molar-refractivity contribution in [3.8, 4) is 0 Å². The van der Waals surface area contributed by atoms with E-state index in [1.807, 2.05) is 0 Å². The topological polar surface area (TPSA) is 95.7 Å². The zero-order valence-electron chi connectivity index (χ0n) is 10.8. The SMILES string of the molecule is NS(=O)(=O)c1cc(C(=O)OCC2CCOC2)c(Cl)cc1F. The number of sulfonamides is 1. The molecule has 1 heterocycles. The van der Waals surface area contributed by atoms with E-state index in [-0.39, 0.29) is 23.1 Å². The third-order valence-electron chi connectivity index (χ3n) is 3.02. The standard InChI is InChI=1S/C12H13ClFNO5S/c13-9-4-10(14)11(21(15,17)18)3-8(9)12(16)20-6-7-1-2-19-5-7/h3-4,7H,1-2,5-6H2,(H2,15,17,18). The molecule has 1 aromatic rings. The summed E-state index contributed by atoms with van der Waals surface area (Å²) in [5.41, 5.74) is -0.249. The number of nitrogens with two attached hydrogens (primary N) is 1. The predicted molar refractivity (Wildman–Crippen MR) is 72.0 cm³/mol. The lowest BCUT2D eigenvalue weighted by molar-refractivity contribution is 0.0428. The largest absolute Gasteiger partial charge is 0.462 e. The van der Waals surface area contributed by atoms with Crippen molar-refractivity contribution in [3.63, 3.8) is 0 Å². The van der Waals surface area contributed by atoms with Crippen LogP contribution >= 0.6 is 11.6 Å². The van der Waals surface area contributed by atoms with E-state index in [4.69, 9.17) is 26.2 Å². The van der Waals surface area contributed by atoms with Gasteiger partial charge in [0.2, 0.25) is 10.0 Å². The average molecular weight is 338 g/mol. The fourth-order valence-electron chi connectivity index (χ4n) is 1.89. The molecule has 1 fully saturated rings. The highest BCUT2D eigenvalue weighted by atomic mass is 35.5. The van der Waals surface area contributed by atoms with Crippen LogP contribution in [0.2, 0.25) is 5.02 Å². The normalized spacial score (nSPS) is 18.7. The van der Waals surface area contributed by atoms with Gasteiger partial charge in [-0.3, -0.25) is 0 Å². The van der Waals surface area contributed by atoms with Gasteiger partial charge in [-0.25, -0.2) is 22.7 Å². The molecule has 1 aliphatic heterocycles. The van der Waals surface area contributed by atoms with Crippen molar-refractivity contribution >= 4 is 27.6 Å². The number of hydrogen-bond acceptors (Lipinski definition) is 5. The highest BCUT2D eigenvalue weighted by Gasteiger charge is 2.23. The molecule has 0 saturated carbocycles. The molecule has 6 nitrogen and oxygen atoms in total. The fraction of sp³-hybridized carbons (Fsp3) is 0.417. The van der Waals surface area contributed by atoms with E-state index in [2.05, 4.69) is 0 Å². The lowest BCUT2D eigenvalue weighted by atomic mass is 10.1. The van der Waals surface area contributed by atoms with E-state index < -0.39 is 26.7 Å². The number of primary sulfonamides is 1. The van der Waals surface area contributed by atoms with E-state index in [1.54, 1.807) is 0 Å². The second-order valence-corrected chi connectivity index (χ2v) is 6.57. The average Bonchev–Trinajstić information content (AvgIpc) is 2.87. The molecule has 1 unspecified atom stereocenters. The number of hydrogen-bond donors (Lipinski definition) is 1.